The first kappa shape index (κ1) is 17.2. The molecule has 0 aliphatic carbocycles. The molecule has 27 heavy (non-hydrogen) atoms. The van der Waals surface area contributed by atoms with E-state index < -0.39 is 16.7 Å². The molecule has 0 saturated carbocycles. The van der Waals surface area contributed by atoms with Crippen molar-refractivity contribution in [1.29, 1.82) is 0 Å². The molecule has 2 aromatic carbocycles. The molecule has 0 spiro atoms. The number of hydrogen-bond acceptors (Lipinski definition) is 6. The van der Waals surface area contributed by atoms with Gasteiger partial charge in [0.2, 0.25) is 0 Å². The first-order chi connectivity index (χ1) is 13.0. The van der Waals surface area contributed by atoms with Gasteiger partial charge in [0.1, 0.15) is 9.93 Å². The summed E-state index contributed by atoms with van der Waals surface area (Å²) in [6.45, 7) is 0. The molecular weight excluding hydrogens is 390 g/mol. The van der Waals surface area contributed by atoms with E-state index in [0.29, 0.717) is 10.7 Å². The van der Waals surface area contributed by atoms with E-state index in [1.807, 2.05) is 24.3 Å². The summed E-state index contributed by atoms with van der Waals surface area (Å²) < 4.78 is 5.94. The monoisotopic (exact) mass is 399 g/mol. The Morgan fingerprint density at radius 2 is 2.00 bits per heavy atom. The van der Waals surface area contributed by atoms with Gasteiger partial charge in [0.25, 0.3) is 5.91 Å². The van der Waals surface area contributed by atoms with Crippen molar-refractivity contribution in [2.24, 2.45) is 0 Å². The second-order valence-electron chi connectivity index (χ2n) is 5.53. The second kappa shape index (κ2) is 6.82. The van der Waals surface area contributed by atoms with Crippen molar-refractivity contribution in [3.63, 3.8) is 0 Å². The van der Waals surface area contributed by atoms with Gasteiger partial charge in [-0.15, -0.1) is 11.3 Å². The Hall–Kier alpha value is -3.23. The van der Waals surface area contributed by atoms with Crippen LogP contribution in [0.5, 0.6) is 0 Å². The van der Waals surface area contributed by atoms with E-state index in [0.717, 1.165) is 26.9 Å². The lowest BCUT2D eigenvalue weighted by molar-refractivity contribution is -0.402. The molecule has 0 saturated heterocycles. The van der Waals surface area contributed by atoms with Crippen LogP contribution in [-0.2, 0) is 0 Å². The van der Waals surface area contributed by atoms with Crippen LogP contribution in [0.25, 0.3) is 20.8 Å². The molecule has 2 aromatic heterocycles. The van der Waals surface area contributed by atoms with E-state index in [1.54, 1.807) is 18.2 Å². The predicted molar refractivity (Wildman–Crippen MR) is 103 cm³/mol. The highest BCUT2D eigenvalue weighted by molar-refractivity contribution is 7.21. The molecule has 4 rings (SSSR count). The van der Waals surface area contributed by atoms with Crippen LogP contribution in [0.4, 0.5) is 11.6 Å². The zero-order chi connectivity index (χ0) is 19.0. The molecule has 134 valence electrons. The van der Waals surface area contributed by atoms with Gasteiger partial charge in [0, 0.05) is 11.3 Å². The Bertz CT molecular complexity index is 1150. The first-order valence-corrected chi connectivity index (χ1v) is 8.92. The maximum atomic E-state index is 12.2. The van der Waals surface area contributed by atoms with Crippen molar-refractivity contribution >= 4 is 50.6 Å². The van der Waals surface area contributed by atoms with Crippen molar-refractivity contribution in [3.05, 3.63) is 75.5 Å². The minimum atomic E-state index is -0.708. The highest BCUT2D eigenvalue weighted by Gasteiger charge is 2.18. The quantitative estimate of drug-likeness (QED) is 0.367. The number of thiazole rings is 1. The summed E-state index contributed by atoms with van der Waals surface area (Å²) in [7, 11) is 0. The minimum absolute atomic E-state index is 0.159. The number of furan rings is 1. The molecule has 1 amide bonds. The Morgan fingerprint density at radius 1 is 1.19 bits per heavy atom. The number of aromatic nitrogens is 1. The maximum Gasteiger partial charge on any atom is 0.433 e. The topological polar surface area (TPSA) is 98.3 Å². The van der Waals surface area contributed by atoms with Crippen molar-refractivity contribution in [2.45, 2.75) is 0 Å². The molecule has 0 fully saturated rings. The lowest BCUT2D eigenvalue weighted by atomic mass is 10.2. The van der Waals surface area contributed by atoms with Crippen LogP contribution in [0.15, 0.2) is 59.0 Å². The fourth-order valence-electron chi connectivity index (χ4n) is 2.49. The second-order valence-corrected chi connectivity index (χ2v) is 6.97. The number of nitro groups is 1. The molecule has 0 unspecified atom stereocenters. The number of anilines is 1. The minimum Gasteiger partial charge on any atom is -0.395 e. The largest absolute Gasteiger partial charge is 0.433 e. The number of benzene rings is 2. The van der Waals surface area contributed by atoms with Gasteiger partial charge in [-0.05, 0) is 36.4 Å². The third kappa shape index (κ3) is 3.40. The Labute approximate surface area is 161 Å². The summed E-state index contributed by atoms with van der Waals surface area (Å²) in [5, 5.41) is 14.4. The average molecular weight is 400 g/mol. The fourth-order valence-corrected chi connectivity index (χ4v) is 3.83. The van der Waals surface area contributed by atoms with Gasteiger partial charge in [-0.1, -0.05) is 23.7 Å². The van der Waals surface area contributed by atoms with Crippen LogP contribution < -0.4 is 5.32 Å². The molecule has 2 heterocycles. The van der Waals surface area contributed by atoms with Crippen LogP contribution in [0.3, 0.4) is 0 Å². The van der Waals surface area contributed by atoms with Gasteiger partial charge in [0.05, 0.1) is 21.3 Å². The number of fused-ring (bicyclic) bond motifs is 1. The SMILES string of the molecule is O=C(Nc1ccc(-c2nc3ccccc3s2)c(Cl)c1)c1ccc([N+](=O)[O-])o1. The number of carbonyl (C=O) groups excluding carboxylic acids is 1. The molecule has 7 nitrogen and oxygen atoms in total. The molecule has 0 bridgehead atoms. The molecule has 0 aliphatic rings. The zero-order valence-corrected chi connectivity index (χ0v) is 15.1. The summed E-state index contributed by atoms with van der Waals surface area (Å²) in [6.07, 6.45) is 0. The number of para-hydroxylation sites is 1. The number of nitrogens with one attached hydrogen (secondary N) is 1. The number of carbonyl (C=O) groups is 1. The van der Waals surface area contributed by atoms with E-state index in [-0.39, 0.29) is 5.76 Å². The summed E-state index contributed by atoms with van der Waals surface area (Å²) in [4.78, 5) is 26.6. The van der Waals surface area contributed by atoms with Crippen LogP contribution >= 0.6 is 22.9 Å². The van der Waals surface area contributed by atoms with Crippen LogP contribution in [0.2, 0.25) is 5.02 Å². The number of amides is 1. The van der Waals surface area contributed by atoms with Gasteiger partial charge < -0.3 is 9.73 Å². The van der Waals surface area contributed by atoms with E-state index in [2.05, 4.69) is 10.3 Å². The van der Waals surface area contributed by atoms with E-state index in [1.165, 1.54) is 17.4 Å². The third-order valence-corrected chi connectivity index (χ3v) is 5.13. The van der Waals surface area contributed by atoms with Gasteiger partial charge in [-0.25, -0.2) is 4.98 Å². The summed E-state index contributed by atoms with van der Waals surface area (Å²) in [6, 6.07) is 15.2. The van der Waals surface area contributed by atoms with Crippen molar-refractivity contribution in [2.75, 3.05) is 5.32 Å². The van der Waals surface area contributed by atoms with E-state index in [4.69, 9.17) is 16.0 Å². The fraction of sp³-hybridized carbons (Fsp3) is 0. The molecule has 0 aliphatic heterocycles. The third-order valence-electron chi connectivity index (χ3n) is 3.75. The summed E-state index contributed by atoms with van der Waals surface area (Å²) >= 11 is 7.89. The Balaban J connectivity index is 1.57. The van der Waals surface area contributed by atoms with Crippen LogP contribution in [0, 0.1) is 10.1 Å². The van der Waals surface area contributed by atoms with Crippen LogP contribution in [0.1, 0.15) is 10.6 Å². The highest BCUT2D eigenvalue weighted by atomic mass is 35.5. The first-order valence-electron chi connectivity index (χ1n) is 7.72. The lowest BCUT2D eigenvalue weighted by Gasteiger charge is -2.06. The van der Waals surface area contributed by atoms with Crippen LogP contribution in [-0.4, -0.2) is 15.8 Å². The Morgan fingerprint density at radius 3 is 2.70 bits per heavy atom. The number of rotatable bonds is 4. The lowest BCUT2D eigenvalue weighted by Crippen LogP contribution is -2.10. The van der Waals surface area contributed by atoms with Gasteiger partial charge in [-0.2, -0.15) is 0 Å². The van der Waals surface area contributed by atoms with Crippen molar-refractivity contribution in [1.82, 2.24) is 4.98 Å². The molecular formula is C18H10ClN3O4S. The maximum absolute atomic E-state index is 12.2. The molecule has 0 atom stereocenters. The standard InChI is InChI=1S/C18H10ClN3O4S/c19-12-9-10(20-17(23)14-7-8-16(26-14)22(24)25)5-6-11(12)18-21-13-3-1-2-4-15(13)27-18/h1-9H,(H,20,23). The molecule has 0 radical (unpaired) electrons. The molecule has 1 N–H and O–H groups in total. The van der Waals surface area contributed by atoms with Gasteiger partial charge in [0.15, 0.2) is 5.76 Å². The van der Waals surface area contributed by atoms with Crippen molar-refractivity contribution in [3.8, 4) is 10.6 Å². The van der Waals surface area contributed by atoms with E-state index in [9.17, 15) is 14.9 Å². The average Bonchev–Trinajstić information content (AvgIpc) is 3.29. The molecule has 9 heteroatoms. The number of nitrogens with zero attached hydrogens (tertiary/aromatic N) is 2. The van der Waals surface area contributed by atoms with Crippen molar-refractivity contribution < 1.29 is 14.1 Å². The summed E-state index contributed by atoms with van der Waals surface area (Å²) in [5.74, 6) is -1.26. The Kier molecular flexibility index (Phi) is 4.35. The molecule has 4 aromatic rings. The highest BCUT2D eigenvalue weighted by Crippen LogP contribution is 2.35. The van der Waals surface area contributed by atoms with Gasteiger partial charge in [-0.3, -0.25) is 14.9 Å². The van der Waals surface area contributed by atoms with E-state index >= 15 is 0 Å². The van der Waals surface area contributed by atoms with Gasteiger partial charge >= 0.3 is 5.88 Å². The summed E-state index contributed by atoms with van der Waals surface area (Å²) in [5.41, 5.74) is 2.09. The normalized spacial score (nSPS) is 10.9. The number of hydrogen-bond donors (Lipinski definition) is 1. The number of halogens is 1. The zero-order valence-electron chi connectivity index (χ0n) is 13.5. The predicted octanol–water partition coefficient (Wildman–Crippen LogP) is 5.37. The smallest absolute Gasteiger partial charge is 0.395 e.